The van der Waals surface area contributed by atoms with Crippen LogP contribution < -0.4 is 10.6 Å². The van der Waals surface area contributed by atoms with Crippen LogP contribution in [0.2, 0.25) is 0 Å². The van der Waals surface area contributed by atoms with Crippen LogP contribution in [0.5, 0.6) is 0 Å². The maximum absolute atomic E-state index is 12.3. The molecule has 3 atom stereocenters. The predicted molar refractivity (Wildman–Crippen MR) is 90.5 cm³/mol. The van der Waals surface area contributed by atoms with E-state index in [1.165, 1.54) is 0 Å². The molecule has 2 amide bonds. The van der Waals surface area contributed by atoms with Crippen molar-refractivity contribution < 1.29 is 14.4 Å². The van der Waals surface area contributed by atoms with Gasteiger partial charge in [0.1, 0.15) is 6.04 Å². The Morgan fingerprint density at radius 2 is 2.04 bits per heavy atom. The summed E-state index contributed by atoms with van der Waals surface area (Å²) in [4.78, 5) is 16.6. The normalized spacial score (nSPS) is 23.4. The highest BCUT2D eigenvalue weighted by Gasteiger charge is 2.27. The fraction of sp³-hybridized carbons (Fsp3) is 0.824. The molecule has 0 radical (unpaired) electrons. The van der Waals surface area contributed by atoms with Gasteiger partial charge in [-0.25, -0.2) is 4.79 Å². The third-order valence-electron chi connectivity index (χ3n) is 4.54. The van der Waals surface area contributed by atoms with E-state index in [1.807, 2.05) is 27.7 Å². The second kappa shape index (κ2) is 7.96. The second-order valence-electron chi connectivity index (χ2n) is 7.73. The van der Waals surface area contributed by atoms with Gasteiger partial charge in [0.05, 0.1) is 0 Å². The van der Waals surface area contributed by atoms with E-state index in [2.05, 4.69) is 20.8 Å². The Kier molecular flexibility index (Phi) is 6.21. The molecule has 1 aromatic rings. The van der Waals surface area contributed by atoms with Crippen LogP contribution in [0.1, 0.15) is 77.6 Å². The molecule has 2 rings (SSSR count). The largest absolute Gasteiger partial charge is 0.396 e. The number of amides is 2. The van der Waals surface area contributed by atoms with Crippen molar-refractivity contribution in [1.82, 2.24) is 20.8 Å². The van der Waals surface area contributed by atoms with Crippen molar-refractivity contribution in [2.75, 3.05) is 6.61 Å². The number of hydrogen-bond acceptors (Lipinski definition) is 5. The fourth-order valence-electron chi connectivity index (χ4n) is 2.98. The predicted octanol–water partition coefficient (Wildman–Crippen LogP) is 2.67. The number of hydrogen-bond donors (Lipinski definition) is 3. The lowest BCUT2D eigenvalue weighted by Crippen LogP contribution is -2.46. The topological polar surface area (TPSA) is 100 Å². The van der Waals surface area contributed by atoms with Gasteiger partial charge in [-0.15, -0.1) is 0 Å². The zero-order chi connectivity index (χ0) is 17.7. The second-order valence-corrected chi connectivity index (χ2v) is 7.73. The van der Waals surface area contributed by atoms with Crippen LogP contribution in [0.4, 0.5) is 4.79 Å². The molecule has 0 aliphatic heterocycles. The summed E-state index contributed by atoms with van der Waals surface area (Å²) < 4.78 is 5.26. The van der Waals surface area contributed by atoms with Crippen LogP contribution in [0, 0.1) is 5.92 Å². The number of aliphatic hydroxyl groups is 1. The Labute approximate surface area is 143 Å². The van der Waals surface area contributed by atoms with Gasteiger partial charge in [-0.1, -0.05) is 45.2 Å². The standard InChI is InChI=1S/C17H30N4O3/c1-11(14-20-15(21-24-14)17(2,3)4)18-16(23)19-13-9-7-5-6-8-12(13)10-22/h11-13,22H,5-10H2,1-4H3,(H2,18,19,23). The van der Waals surface area contributed by atoms with Crippen molar-refractivity contribution in [2.24, 2.45) is 5.92 Å². The lowest BCUT2D eigenvalue weighted by atomic mass is 9.96. The highest BCUT2D eigenvalue weighted by atomic mass is 16.5. The van der Waals surface area contributed by atoms with Gasteiger partial charge in [0.2, 0.25) is 5.89 Å². The van der Waals surface area contributed by atoms with Crippen molar-refractivity contribution in [2.45, 2.75) is 77.3 Å². The van der Waals surface area contributed by atoms with Crippen LogP contribution in [0.3, 0.4) is 0 Å². The van der Waals surface area contributed by atoms with Crippen molar-refractivity contribution in [3.63, 3.8) is 0 Å². The summed E-state index contributed by atoms with van der Waals surface area (Å²) in [6.45, 7) is 7.95. The molecular weight excluding hydrogens is 308 g/mol. The maximum Gasteiger partial charge on any atom is 0.315 e. The number of nitrogens with one attached hydrogen (secondary N) is 2. The monoisotopic (exact) mass is 338 g/mol. The van der Waals surface area contributed by atoms with Gasteiger partial charge in [0.15, 0.2) is 5.82 Å². The van der Waals surface area contributed by atoms with E-state index in [4.69, 9.17) is 4.52 Å². The number of aromatic nitrogens is 2. The smallest absolute Gasteiger partial charge is 0.315 e. The average Bonchev–Trinajstić information content (AvgIpc) is 2.90. The first-order chi connectivity index (χ1) is 11.3. The SMILES string of the molecule is CC(NC(=O)NC1CCCCCC1CO)c1nc(C(C)(C)C)no1. The minimum absolute atomic E-state index is 0.0116. The van der Waals surface area contributed by atoms with Crippen LogP contribution >= 0.6 is 0 Å². The van der Waals surface area contributed by atoms with Crippen LogP contribution in [-0.2, 0) is 5.41 Å². The first kappa shape index (κ1) is 18.7. The Morgan fingerprint density at radius 3 is 2.67 bits per heavy atom. The fourth-order valence-corrected chi connectivity index (χ4v) is 2.98. The van der Waals surface area contributed by atoms with Crippen molar-refractivity contribution >= 4 is 6.03 Å². The molecule has 1 aliphatic carbocycles. The van der Waals surface area contributed by atoms with Crippen LogP contribution in [0.25, 0.3) is 0 Å². The number of carbonyl (C=O) groups excluding carboxylic acids is 1. The molecule has 0 aromatic carbocycles. The van der Waals surface area contributed by atoms with Crippen LogP contribution in [0.15, 0.2) is 4.52 Å². The summed E-state index contributed by atoms with van der Waals surface area (Å²) in [6, 6.07) is -0.618. The third-order valence-corrected chi connectivity index (χ3v) is 4.54. The van der Waals surface area contributed by atoms with Crippen molar-refractivity contribution in [1.29, 1.82) is 0 Å². The maximum atomic E-state index is 12.3. The minimum atomic E-state index is -0.369. The number of urea groups is 1. The molecule has 1 aliphatic rings. The molecule has 7 heteroatoms. The third kappa shape index (κ3) is 4.93. The molecular formula is C17H30N4O3. The zero-order valence-corrected chi connectivity index (χ0v) is 15.1. The molecule has 1 heterocycles. The lowest BCUT2D eigenvalue weighted by Gasteiger charge is -2.25. The van der Waals surface area contributed by atoms with Gasteiger partial charge in [-0.05, 0) is 19.8 Å². The van der Waals surface area contributed by atoms with E-state index in [0.717, 1.165) is 32.1 Å². The molecule has 0 bridgehead atoms. The number of nitrogens with zero attached hydrogens (tertiary/aromatic N) is 2. The molecule has 1 saturated carbocycles. The summed E-state index contributed by atoms with van der Waals surface area (Å²) in [7, 11) is 0. The van der Waals surface area contributed by atoms with Gasteiger partial charge in [0, 0.05) is 24.0 Å². The molecule has 136 valence electrons. The number of carbonyl (C=O) groups is 1. The van der Waals surface area contributed by atoms with E-state index >= 15 is 0 Å². The summed E-state index contributed by atoms with van der Waals surface area (Å²) >= 11 is 0. The molecule has 24 heavy (non-hydrogen) atoms. The van der Waals surface area contributed by atoms with Gasteiger partial charge in [0.25, 0.3) is 0 Å². The average molecular weight is 338 g/mol. The first-order valence-corrected chi connectivity index (χ1v) is 8.83. The van der Waals surface area contributed by atoms with E-state index in [9.17, 15) is 9.90 Å². The Morgan fingerprint density at radius 1 is 1.33 bits per heavy atom. The summed E-state index contributed by atoms with van der Waals surface area (Å²) in [5.74, 6) is 1.15. The molecule has 1 aromatic heterocycles. The number of aliphatic hydroxyl groups excluding tert-OH is 1. The number of rotatable bonds is 4. The Balaban J connectivity index is 1.92. The van der Waals surface area contributed by atoms with Gasteiger partial charge < -0.3 is 20.3 Å². The van der Waals surface area contributed by atoms with E-state index < -0.39 is 0 Å². The Hall–Kier alpha value is -1.63. The van der Waals surface area contributed by atoms with Crippen LogP contribution in [-0.4, -0.2) is 33.9 Å². The Bertz CT molecular complexity index is 538. The van der Waals surface area contributed by atoms with Gasteiger partial charge in [-0.3, -0.25) is 0 Å². The summed E-state index contributed by atoms with van der Waals surface area (Å²) in [6.07, 6.45) is 5.20. The quantitative estimate of drug-likeness (QED) is 0.733. The van der Waals surface area contributed by atoms with E-state index in [1.54, 1.807) is 0 Å². The van der Waals surface area contributed by atoms with Gasteiger partial charge in [-0.2, -0.15) is 4.98 Å². The molecule has 0 spiro atoms. The molecule has 7 nitrogen and oxygen atoms in total. The van der Waals surface area contributed by atoms with E-state index in [0.29, 0.717) is 11.7 Å². The molecule has 3 N–H and O–H groups in total. The van der Waals surface area contributed by atoms with E-state index in [-0.39, 0.29) is 36.1 Å². The molecule has 3 unspecified atom stereocenters. The zero-order valence-electron chi connectivity index (χ0n) is 15.1. The van der Waals surface area contributed by atoms with Gasteiger partial charge >= 0.3 is 6.03 Å². The minimum Gasteiger partial charge on any atom is -0.396 e. The molecule has 0 saturated heterocycles. The summed E-state index contributed by atoms with van der Waals surface area (Å²) in [5.41, 5.74) is -0.196. The van der Waals surface area contributed by atoms with Crippen molar-refractivity contribution in [3.05, 3.63) is 11.7 Å². The lowest BCUT2D eigenvalue weighted by molar-refractivity contribution is 0.177. The van der Waals surface area contributed by atoms with Crippen molar-refractivity contribution in [3.8, 4) is 0 Å². The highest BCUT2D eigenvalue weighted by molar-refractivity contribution is 5.74. The highest BCUT2D eigenvalue weighted by Crippen LogP contribution is 2.23. The molecule has 1 fully saturated rings. The summed E-state index contributed by atoms with van der Waals surface area (Å²) in [5, 5.41) is 19.4. The first-order valence-electron chi connectivity index (χ1n) is 8.83.